The summed E-state index contributed by atoms with van der Waals surface area (Å²) in [7, 11) is 0. The van der Waals surface area contributed by atoms with E-state index in [2.05, 4.69) is 68.1 Å². The van der Waals surface area contributed by atoms with Gasteiger partial charge in [-0.2, -0.15) is 0 Å². The van der Waals surface area contributed by atoms with Crippen molar-refractivity contribution in [2.75, 3.05) is 6.54 Å². The molecule has 2 atom stereocenters. The van der Waals surface area contributed by atoms with Gasteiger partial charge < -0.3 is 5.32 Å². The third-order valence-electron chi connectivity index (χ3n) is 4.00. The van der Waals surface area contributed by atoms with Gasteiger partial charge in [0.1, 0.15) is 0 Å². The van der Waals surface area contributed by atoms with Gasteiger partial charge in [-0.1, -0.05) is 52.0 Å². The van der Waals surface area contributed by atoms with Crippen molar-refractivity contribution < 1.29 is 9.59 Å². The molecule has 0 heterocycles. The van der Waals surface area contributed by atoms with Crippen molar-refractivity contribution in [3.63, 3.8) is 0 Å². The first-order valence-electron chi connectivity index (χ1n) is 8.23. The highest BCUT2D eigenvalue weighted by molar-refractivity contribution is 5.81. The highest BCUT2D eigenvalue weighted by Crippen LogP contribution is 2.25. The molecule has 0 spiro atoms. The molecule has 0 bridgehead atoms. The van der Waals surface area contributed by atoms with Crippen molar-refractivity contribution in [2.45, 2.75) is 53.0 Å². The Morgan fingerprint density at radius 3 is 2.04 bits per heavy atom. The third kappa shape index (κ3) is 6.40. The summed E-state index contributed by atoms with van der Waals surface area (Å²) in [5.74, 6) is 0.345. The second kappa shape index (κ2) is 9.30. The van der Waals surface area contributed by atoms with Crippen molar-refractivity contribution in [3.05, 3.63) is 35.4 Å². The molecule has 2 amide bonds. The predicted molar refractivity (Wildman–Crippen MR) is 92.7 cm³/mol. The molecule has 0 saturated heterocycles. The Morgan fingerprint density at radius 1 is 1.00 bits per heavy atom. The molecular formula is C18H29N3O2. The number of carbonyl (C=O) groups excluding carboxylic acids is 2. The molecule has 1 aromatic rings. The quantitative estimate of drug-likeness (QED) is 0.677. The second-order valence-corrected chi connectivity index (χ2v) is 6.31. The summed E-state index contributed by atoms with van der Waals surface area (Å²) in [6.45, 7) is 10.1. The average Bonchev–Trinajstić information content (AvgIpc) is 2.52. The minimum Gasteiger partial charge on any atom is -0.301 e. The van der Waals surface area contributed by atoms with Crippen LogP contribution in [0.2, 0.25) is 0 Å². The molecule has 1 rings (SSSR count). The van der Waals surface area contributed by atoms with E-state index in [-0.39, 0.29) is 24.4 Å². The SMILES string of the molecule is CC[C@@H](C)c1ccc([C@H](NCC(=O)NNC(C)=O)C(C)C)cc1. The van der Waals surface area contributed by atoms with Gasteiger partial charge in [0, 0.05) is 13.0 Å². The van der Waals surface area contributed by atoms with Crippen LogP contribution in [0.3, 0.4) is 0 Å². The molecule has 5 heteroatoms. The fraction of sp³-hybridized carbons (Fsp3) is 0.556. The summed E-state index contributed by atoms with van der Waals surface area (Å²) < 4.78 is 0. The van der Waals surface area contributed by atoms with Crippen molar-refractivity contribution in [1.29, 1.82) is 0 Å². The zero-order valence-corrected chi connectivity index (χ0v) is 14.8. The lowest BCUT2D eigenvalue weighted by atomic mass is 9.92. The van der Waals surface area contributed by atoms with Crippen molar-refractivity contribution in [3.8, 4) is 0 Å². The number of hydrazine groups is 1. The maximum absolute atomic E-state index is 11.7. The minimum absolute atomic E-state index is 0.0871. The molecule has 3 N–H and O–H groups in total. The van der Waals surface area contributed by atoms with Gasteiger partial charge in [-0.05, 0) is 29.4 Å². The van der Waals surface area contributed by atoms with E-state index in [1.165, 1.54) is 18.1 Å². The summed E-state index contributed by atoms with van der Waals surface area (Å²) in [5, 5.41) is 3.26. The van der Waals surface area contributed by atoms with E-state index in [0.29, 0.717) is 11.8 Å². The van der Waals surface area contributed by atoms with Crippen LogP contribution in [0.1, 0.15) is 64.1 Å². The summed E-state index contributed by atoms with van der Waals surface area (Å²) in [4.78, 5) is 22.5. The van der Waals surface area contributed by atoms with Gasteiger partial charge in [0.05, 0.1) is 6.54 Å². The fourth-order valence-corrected chi connectivity index (χ4v) is 2.41. The normalized spacial score (nSPS) is 13.5. The Labute approximate surface area is 139 Å². The lowest BCUT2D eigenvalue weighted by Crippen LogP contribution is -2.45. The maximum atomic E-state index is 11.7. The van der Waals surface area contributed by atoms with Crippen LogP contribution >= 0.6 is 0 Å². The van der Waals surface area contributed by atoms with Crippen LogP contribution < -0.4 is 16.2 Å². The van der Waals surface area contributed by atoms with Gasteiger partial charge in [0.15, 0.2) is 0 Å². The Kier molecular flexibility index (Phi) is 7.75. The first kappa shape index (κ1) is 19.2. The highest BCUT2D eigenvalue weighted by atomic mass is 16.2. The molecule has 5 nitrogen and oxygen atoms in total. The molecule has 1 aromatic carbocycles. The van der Waals surface area contributed by atoms with Gasteiger partial charge in [-0.15, -0.1) is 0 Å². The summed E-state index contributed by atoms with van der Waals surface area (Å²) in [5.41, 5.74) is 7.15. The number of hydrogen-bond donors (Lipinski definition) is 3. The molecule has 0 aliphatic rings. The van der Waals surface area contributed by atoms with Crippen LogP contribution in [-0.4, -0.2) is 18.4 Å². The number of nitrogens with one attached hydrogen (secondary N) is 3. The molecular weight excluding hydrogens is 290 g/mol. The van der Waals surface area contributed by atoms with Crippen LogP contribution in [-0.2, 0) is 9.59 Å². The molecule has 0 unspecified atom stereocenters. The first-order chi connectivity index (χ1) is 10.8. The summed E-state index contributed by atoms with van der Waals surface area (Å²) >= 11 is 0. The van der Waals surface area contributed by atoms with Crippen molar-refractivity contribution in [1.82, 2.24) is 16.2 Å². The van der Waals surface area contributed by atoms with E-state index < -0.39 is 0 Å². The molecule has 0 saturated carbocycles. The number of hydrogen-bond acceptors (Lipinski definition) is 3. The van der Waals surface area contributed by atoms with Crippen LogP contribution in [0, 0.1) is 5.92 Å². The largest absolute Gasteiger partial charge is 0.301 e. The summed E-state index contributed by atoms with van der Waals surface area (Å²) in [6, 6.07) is 8.68. The monoisotopic (exact) mass is 319 g/mol. The Balaban J connectivity index is 2.67. The zero-order chi connectivity index (χ0) is 17.4. The lowest BCUT2D eigenvalue weighted by Gasteiger charge is -2.23. The van der Waals surface area contributed by atoms with Crippen LogP contribution in [0.25, 0.3) is 0 Å². The van der Waals surface area contributed by atoms with Crippen molar-refractivity contribution in [2.24, 2.45) is 5.92 Å². The topological polar surface area (TPSA) is 70.2 Å². The zero-order valence-electron chi connectivity index (χ0n) is 14.8. The number of rotatable bonds is 7. The van der Waals surface area contributed by atoms with E-state index >= 15 is 0 Å². The highest BCUT2D eigenvalue weighted by Gasteiger charge is 2.17. The molecule has 23 heavy (non-hydrogen) atoms. The second-order valence-electron chi connectivity index (χ2n) is 6.31. The third-order valence-corrected chi connectivity index (χ3v) is 4.00. The average molecular weight is 319 g/mol. The minimum atomic E-state index is -0.292. The van der Waals surface area contributed by atoms with Crippen LogP contribution in [0.4, 0.5) is 0 Å². The van der Waals surface area contributed by atoms with Gasteiger partial charge in [-0.25, -0.2) is 0 Å². The Morgan fingerprint density at radius 2 is 1.57 bits per heavy atom. The molecule has 0 aliphatic heterocycles. The Hall–Kier alpha value is -1.88. The Bertz CT molecular complexity index is 512. The number of carbonyl (C=O) groups is 2. The van der Waals surface area contributed by atoms with Crippen LogP contribution in [0.15, 0.2) is 24.3 Å². The van der Waals surface area contributed by atoms with E-state index in [0.717, 1.165) is 6.42 Å². The molecule has 0 fully saturated rings. The van der Waals surface area contributed by atoms with E-state index in [1.807, 2.05) is 0 Å². The standard InChI is InChI=1S/C18H29N3O2/c1-6-13(4)15-7-9-16(10-8-15)18(12(2)3)19-11-17(23)21-20-14(5)22/h7-10,12-13,18-19H,6,11H2,1-5H3,(H,20,22)(H,21,23)/t13-,18-/m1/s1. The van der Waals surface area contributed by atoms with Gasteiger partial charge in [0.25, 0.3) is 5.91 Å². The summed E-state index contributed by atoms with van der Waals surface area (Å²) in [6.07, 6.45) is 1.12. The molecule has 0 aliphatic carbocycles. The number of benzene rings is 1. The fourth-order valence-electron chi connectivity index (χ4n) is 2.41. The van der Waals surface area contributed by atoms with E-state index in [4.69, 9.17) is 0 Å². The number of amides is 2. The predicted octanol–water partition coefficient (Wildman–Crippen LogP) is 2.65. The molecule has 0 radical (unpaired) electrons. The lowest BCUT2D eigenvalue weighted by molar-refractivity contribution is -0.127. The van der Waals surface area contributed by atoms with Gasteiger partial charge >= 0.3 is 0 Å². The first-order valence-corrected chi connectivity index (χ1v) is 8.23. The van der Waals surface area contributed by atoms with Gasteiger partial charge in [0.2, 0.25) is 5.91 Å². The van der Waals surface area contributed by atoms with Gasteiger partial charge in [-0.3, -0.25) is 20.4 Å². The van der Waals surface area contributed by atoms with Crippen LogP contribution in [0.5, 0.6) is 0 Å². The van der Waals surface area contributed by atoms with E-state index in [9.17, 15) is 9.59 Å². The molecule has 128 valence electrons. The molecule has 0 aromatic heterocycles. The van der Waals surface area contributed by atoms with E-state index in [1.54, 1.807) is 0 Å². The van der Waals surface area contributed by atoms with Crippen molar-refractivity contribution >= 4 is 11.8 Å². The smallest absolute Gasteiger partial charge is 0.252 e. The maximum Gasteiger partial charge on any atom is 0.252 e.